The van der Waals surface area contributed by atoms with E-state index in [0.29, 0.717) is 6.10 Å². The average Bonchev–Trinajstić information content (AvgIpc) is 2.29. The molecular formula is C13H20BrNO. The lowest BCUT2D eigenvalue weighted by molar-refractivity contribution is 0.190. The first-order valence-corrected chi connectivity index (χ1v) is 6.60. The minimum absolute atomic E-state index is 0.316. The van der Waals surface area contributed by atoms with Gasteiger partial charge in [0.05, 0.1) is 6.10 Å². The zero-order valence-electron chi connectivity index (χ0n) is 10.2. The highest BCUT2D eigenvalue weighted by Crippen LogP contribution is 2.25. The predicted octanol–water partition coefficient (Wildman–Crippen LogP) is 3.74. The summed E-state index contributed by atoms with van der Waals surface area (Å²) in [7, 11) is 1.95. The number of hydrogen-bond donors (Lipinski definition) is 1. The Labute approximate surface area is 107 Å². The highest BCUT2D eigenvalue weighted by Gasteiger charge is 2.09. The Kier molecular flexibility index (Phi) is 5.85. The van der Waals surface area contributed by atoms with Crippen LogP contribution >= 0.6 is 15.9 Å². The molecule has 2 nitrogen and oxygen atoms in total. The van der Waals surface area contributed by atoms with E-state index >= 15 is 0 Å². The molecule has 0 bridgehead atoms. The molecule has 0 fully saturated rings. The van der Waals surface area contributed by atoms with Gasteiger partial charge in [-0.25, -0.2) is 0 Å². The summed E-state index contributed by atoms with van der Waals surface area (Å²) >= 11 is 3.48. The molecule has 1 rings (SSSR count). The van der Waals surface area contributed by atoms with Crippen molar-refractivity contribution in [3.63, 3.8) is 0 Å². The Morgan fingerprint density at radius 1 is 1.31 bits per heavy atom. The normalized spacial score (nSPS) is 10.8. The third kappa shape index (κ3) is 3.80. The van der Waals surface area contributed by atoms with Crippen molar-refractivity contribution in [1.82, 2.24) is 5.32 Å². The highest BCUT2D eigenvalue weighted by atomic mass is 79.9. The summed E-state index contributed by atoms with van der Waals surface area (Å²) < 4.78 is 7.08. The number of benzene rings is 1. The smallest absolute Gasteiger partial charge is 0.124 e. The van der Waals surface area contributed by atoms with Crippen LogP contribution in [-0.4, -0.2) is 13.2 Å². The molecule has 0 unspecified atom stereocenters. The summed E-state index contributed by atoms with van der Waals surface area (Å²) in [5.74, 6) is 0.992. The maximum absolute atomic E-state index is 5.99. The molecule has 1 N–H and O–H groups in total. The quantitative estimate of drug-likeness (QED) is 0.860. The predicted molar refractivity (Wildman–Crippen MR) is 71.9 cm³/mol. The van der Waals surface area contributed by atoms with E-state index in [1.165, 1.54) is 5.56 Å². The second-order valence-corrected chi connectivity index (χ2v) is 4.75. The summed E-state index contributed by atoms with van der Waals surface area (Å²) in [5.41, 5.74) is 1.20. The summed E-state index contributed by atoms with van der Waals surface area (Å²) in [6.45, 7) is 5.14. The second-order valence-electron chi connectivity index (χ2n) is 3.84. The van der Waals surface area contributed by atoms with E-state index in [1.807, 2.05) is 19.2 Å². The van der Waals surface area contributed by atoms with Crippen LogP contribution in [0.5, 0.6) is 5.75 Å². The van der Waals surface area contributed by atoms with E-state index < -0.39 is 0 Å². The Bertz CT molecular complexity index is 324. The second kappa shape index (κ2) is 6.92. The molecule has 0 atom stereocenters. The molecule has 0 heterocycles. The van der Waals surface area contributed by atoms with Gasteiger partial charge in [-0.05, 0) is 38.1 Å². The zero-order valence-corrected chi connectivity index (χ0v) is 11.8. The summed E-state index contributed by atoms with van der Waals surface area (Å²) in [6.07, 6.45) is 2.41. The van der Waals surface area contributed by atoms with Crippen LogP contribution < -0.4 is 10.1 Å². The van der Waals surface area contributed by atoms with Crippen LogP contribution in [0, 0.1) is 0 Å². The molecule has 90 valence electrons. The number of rotatable bonds is 6. The molecule has 0 saturated carbocycles. The molecule has 0 spiro atoms. The SMILES string of the molecule is CCC(CC)Oc1ccc(Br)cc1CNC. The number of hydrogen-bond acceptors (Lipinski definition) is 2. The van der Waals surface area contributed by atoms with Gasteiger partial charge in [0.1, 0.15) is 5.75 Å². The largest absolute Gasteiger partial charge is 0.490 e. The van der Waals surface area contributed by atoms with Crippen molar-refractivity contribution in [2.24, 2.45) is 0 Å². The molecule has 0 saturated heterocycles. The van der Waals surface area contributed by atoms with E-state index in [4.69, 9.17) is 4.74 Å². The van der Waals surface area contributed by atoms with Crippen LogP contribution in [0.4, 0.5) is 0 Å². The lowest BCUT2D eigenvalue weighted by Gasteiger charge is -2.18. The van der Waals surface area contributed by atoms with Crippen LogP contribution in [0.3, 0.4) is 0 Å². The van der Waals surface area contributed by atoms with Gasteiger partial charge in [-0.15, -0.1) is 0 Å². The van der Waals surface area contributed by atoms with Crippen LogP contribution in [-0.2, 0) is 6.54 Å². The molecule has 3 heteroatoms. The molecule has 0 radical (unpaired) electrons. The Morgan fingerprint density at radius 3 is 2.56 bits per heavy atom. The van der Waals surface area contributed by atoms with Gasteiger partial charge in [0.15, 0.2) is 0 Å². The third-order valence-corrected chi connectivity index (χ3v) is 3.09. The minimum Gasteiger partial charge on any atom is -0.490 e. The average molecular weight is 286 g/mol. The van der Waals surface area contributed by atoms with Crippen molar-refractivity contribution in [3.05, 3.63) is 28.2 Å². The third-order valence-electron chi connectivity index (χ3n) is 2.59. The van der Waals surface area contributed by atoms with Gasteiger partial charge >= 0.3 is 0 Å². The lowest BCUT2D eigenvalue weighted by Crippen LogP contribution is -2.16. The number of ether oxygens (including phenoxy) is 1. The van der Waals surface area contributed by atoms with Gasteiger partial charge in [0, 0.05) is 16.6 Å². The maximum atomic E-state index is 5.99. The van der Waals surface area contributed by atoms with E-state index in [2.05, 4.69) is 41.2 Å². The number of halogens is 1. The van der Waals surface area contributed by atoms with Gasteiger partial charge in [-0.1, -0.05) is 29.8 Å². The van der Waals surface area contributed by atoms with E-state index in [9.17, 15) is 0 Å². The molecule has 0 amide bonds. The number of nitrogens with one attached hydrogen (secondary N) is 1. The topological polar surface area (TPSA) is 21.3 Å². The first-order valence-electron chi connectivity index (χ1n) is 5.80. The van der Waals surface area contributed by atoms with E-state index in [-0.39, 0.29) is 0 Å². The van der Waals surface area contributed by atoms with Gasteiger partial charge in [0.2, 0.25) is 0 Å². The Balaban J connectivity index is 2.84. The fraction of sp³-hybridized carbons (Fsp3) is 0.538. The maximum Gasteiger partial charge on any atom is 0.124 e. The van der Waals surface area contributed by atoms with Crippen molar-refractivity contribution < 1.29 is 4.74 Å². The molecule has 0 aromatic heterocycles. The van der Waals surface area contributed by atoms with Crippen molar-refractivity contribution in [2.45, 2.75) is 39.3 Å². The Hall–Kier alpha value is -0.540. The first kappa shape index (κ1) is 13.5. The molecule has 0 aliphatic heterocycles. The standard InChI is InChI=1S/C13H20BrNO/c1-4-12(5-2)16-13-7-6-11(14)8-10(13)9-15-3/h6-8,12,15H,4-5,9H2,1-3H3. The van der Waals surface area contributed by atoms with Gasteiger partial charge in [0.25, 0.3) is 0 Å². The van der Waals surface area contributed by atoms with Crippen LogP contribution in [0.15, 0.2) is 22.7 Å². The molecular weight excluding hydrogens is 266 g/mol. The Morgan fingerprint density at radius 2 is 2.00 bits per heavy atom. The summed E-state index contributed by atoms with van der Waals surface area (Å²) in [5, 5.41) is 3.16. The summed E-state index contributed by atoms with van der Waals surface area (Å²) in [6, 6.07) is 6.17. The fourth-order valence-electron chi connectivity index (χ4n) is 1.63. The fourth-order valence-corrected chi connectivity index (χ4v) is 2.03. The molecule has 16 heavy (non-hydrogen) atoms. The molecule has 0 aliphatic carbocycles. The molecule has 1 aromatic carbocycles. The molecule has 0 aliphatic rings. The highest BCUT2D eigenvalue weighted by molar-refractivity contribution is 9.10. The van der Waals surface area contributed by atoms with Gasteiger partial charge in [-0.3, -0.25) is 0 Å². The van der Waals surface area contributed by atoms with Crippen LogP contribution in [0.2, 0.25) is 0 Å². The van der Waals surface area contributed by atoms with Crippen molar-refractivity contribution >= 4 is 15.9 Å². The first-order chi connectivity index (χ1) is 7.71. The molecule has 1 aromatic rings. The summed E-state index contributed by atoms with van der Waals surface area (Å²) in [4.78, 5) is 0. The van der Waals surface area contributed by atoms with Crippen molar-refractivity contribution in [2.75, 3.05) is 7.05 Å². The zero-order chi connectivity index (χ0) is 12.0. The monoisotopic (exact) mass is 285 g/mol. The van der Waals surface area contributed by atoms with Gasteiger partial charge in [-0.2, -0.15) is 0 Å². The van der Waals surface area contributed by atoms with E-state index in [0.717, 1.165) is 29.6 Å². The van der Waals surface area contributed by atoms with E-state index in [1.54, 1.807) is 0 Å². The van der Waals surface area contributed by atoms with Crippen molar-refractivity contribution in [3.8, 4) is 5.75 Å². The lowest BCUT2D eigenvalue weighted by atomic mass is 10.1. The minimum atomic E-state index is 0.316. The van der Waals surface area contributed by atoms with Crippen LogP contribution in [0.25, 0.3) is 0 Å². The van der Waals surface area contributed by atoms with Crippen LogP contribution in [0.1, 0.15) is 32.3 Å². The van der Waals surface area contributed by atoms with Crippen molar-refractivity contribution in [1.29, 1.82) is 0 Å². The van der Waals surface area contributed by atoms with Gasteiger partial charge < -0.3 is 10.1 Å².